The molecule has 6 aromatic rings. The number of halogens is 2. The Bertz CT molecular complexity index is 2610. The largest absolute Gasteiger partial charge is 0.453 e. The van der Waals surface area contributed by atoms with Crippen molar-refractivity contribution in [3.8, 4) is 33.6 Å². The third-order valence-corrected chi connectivity index (χ3v) is 13.3. The molecular formula is C47H46Cl2N8O6S. The molecule has 4 N–H and O–H groups in total. The number of nitrogens with zero attached hydrogens (tertiary/aromatic N) is 4. The third-order valence-electron chi connectivity index (χ3n) is 11.7. The highest BCUT2D eigenvalue weighted by molar-refractivity contribution is 7.99. The number of methoxy groups -OCH3 is 2. The van der Waals surface area contributed by atoms with Gasteiger partial charge in [0.15, 0.2) is 0 Å². The molecule has 64 heavy (non-hydrogen) atoms. The number of imidazole rings is 2. The fraction of sp³-hybridized carbons (Fsp3) is 0.277. The highest BCUT2D eigenvalue weighted by atomic mass is 35.5. The van der Waals surface area contributed by atoms with Crippen LogP contribution in [0.2, 0.25) is 10.3 Å². The van der Waals surface area contributed by atoms with Gasteiger partial charge in [-0.2, -0.15) is 11.8 Å². The van der Waals surface area contributed by atoms with Gasteiger partial charge in [0.25, 0.3) is 11.8 Å². The number of alkyl carbamates (subject to hydrolysis) is 2. The van der Waals surface area contributed by atoms with E-state index in [0.29, 0.717) is 70.4 Å². The van der Waals surface area contributed by atoms with Crippen molar-refractivity contribution in [1.29, 1.82) is 0 Å². The van der Waals surface area contributed by atoms with Crippen molar-refractivity contribution >= 4 is 59.0 Å². The Hall–Kier alpha value is -6.29. The summed E-state index contributed by atoms with van der Waals surface area (Å²) in [5, 5.41) is 6.28. The molecular weight excluding hydrogens is 876 g/mol. The fourth-order valence-electron chi connectivity index (χ4n) is 8.41. The van der Waals surface area contributed by atoms with Gasteiger partial charge in [-0.15, -0.1) is 0 Å². The van der Waals surface area contributed by atoms with Crippen molar-refractivity contribution in [3.63, 3.8) is 0 Å². The van der Waals surface area contributed by atoms with E-state index >= 15 is 0 Å². The third kappa shape index (κ3) is 9.33. The number of thioether (sulfide) groups is 1. The van der Waals surface area contributed by atoms with Gasteiger partial charge in [0, 0.05) is 29.5 Å². The van der Waals surface area contributed by atoms with Crippen LogP contribution in [0.15, 0.2) is 109 Å². The van der Waals surface area contributed by atoms with Gasteiger partial charge >= 0.3 is 12.2 Å². The predicted molar refractivity (Wildman–Crippen MR) is 247 cm³/mol. The zero-order valence-electron chi connectivity index (χ0n) is 35.2. The first-order chi connectivity index (χ1) is 31.1. The molecule has 2 aromatic heterocycles. The molecule has 14 nitrogen and oxygen atoms in total. The van der Waals surface area contributed by atoms with E-state index in [4.69, 9.17) is 42.6 Å². The molecule has 330 valence electrons. The monoisotopic (exact) mass is 920 g/mol. The highest BCUT2D eigenvalue weighted by Crippen LogP contribution is 2.41. The first-order valence-electron chi connectivity index (χ1n) is 20.7. The van der Waals surface area contributed by atoms with Crippen LogP contribution in [0.25, 0.3) is 33.6 Å². The highest BCUT2D eigenvalue weighted by Gasteiger charge is 2.42. The van der Waals surface area contributed by atoms with Crippen molar-refractivity contribution in [3.05, 3.63) is 142 Å². The molecule has 0 radical (unpaired) electrons. The van der Waals surface area contributed by atoms with E-state index in [-0.39, 0.29) is 23.1 Å². The Kier molecular flexibility index (Phi) is 13.6. The Morgan fingerprint density at radius 2 is 1.09 bits per heavy atom. The van der Waals surface area contributed by atoms with Crippen LogP contribution < -0.4 is 10.6 Å². The number of hydrogen-bond acceptors (Lipinski definition) is 9. The summed E-state index contributed by atoms with van der Waals surface area (Å²) in [5.74, 6) is 0.597. The average molecular weight is 922 g/mol. The minimum atomic E-state index is -0.949. The molecule has 0 bridgehead atoms. The van der Waals surface area contributed by atoms with Gasteiger partial charge in [-0.05, 0) is 47.8 Å². The van der Waals surface area contributed by atoms with Gasteiger partial charge in [0.1, 0.15) is 45.4 Å². The average Bonchev–Trinajstić information content (AvgIpc) is 4.16. The molecule has 17 heteroatoms. The van der Waals surface area contributed by atoms with E-state index in [9.17, 15) is 19.2 Å². The second-order valence-electron chi connectivity index (χ2n) is 15.5. The van der Waals surface area contributed by atoms with E-state index < -0.39 is 30.3 Å². The number of aromatic amines is 2. The number of carbonyl (C=O) groups excluding carboxylic acids is 4. The predicted octanol–water partition coefficient (Wildman–Crippen LogP) is 9.30. The number of hydrogen-bond donors (Lipinski definition) is 4. The molecule has 2 saturated heterocycles. The van der Waals surface area contributed by atoms with Crippen LogP contribution in [0.5, 0.6) is 0 Å². The molecule has 2 aliphatic rings. The normalized spacial score (nSPS) is 18.0. The summed E-state index contributed by atoms with van der Waals surface area (Å²) in [6, 6.07) is 31.3. The first-order valence-corrected chi connectivity index (χ1v) is 22.8. The van der Waals surface area contributed by atoms with E-state index in [1.165, 1.54) is 14.2 Å². The number of carbonyl (C=O) groups is 4. The van der Waals surface area contributed by atoms with E-state index in [2.05, 4.69) is 20.6 Å². The van der Waals surface area contributed by atoms with Crippen LogP contribution in [-0.2, 0) is 19.1 Å². The van der Waals surface area contributed by atoms with Gasteiger partial charge in [-0.1, -0.05) is 132 Å². The molecule has 4 heterocycles. The van der Waals surface area contributed by atoms with Crippen LogP contribution in [0.4, 0.5) is 9.59 Å². The number of likely N-dealkylation sites (tertiary alicyclic amines) is 2. The summed E-state index contributed by atoms with van der Waals surface area (Å²) in [7, 11) is 2.53. The van der Waals surface area contributed by atoms with E-state index in [0.717, 1.165) is 28.7 Å². The van der Waals surface area contributed by atoms with Gasteiger partial charge in [0.2, 0.25) is 0 Å². The van der Waals surface area contributed by atoms with Crippen LogP contribution >= 0.6 is 35.0 Å². The van der Waals surface area contributed by atoms with Gasteiger partial charge < -0.3 is 39.9 Å². The van der Waals surface area contributed by atoms with Crippen LogP contribution in [0.3, 0.4) is 0 Å². The molecule has 5 atom stereocenters. The minimum Gasteiger partial charge on any atom is -0.453 e. The van der Waals surface area contributed by atoms with Gasteiger partial charge in [-0.3, -0.25) is 9.59 Å². The summed E-state index contributed by atoms with van der Waals surface area (Å²) in [4.78, 5) is 72.6. The number of benzene rings is 4. The fourth-order valence-corrected chi connectivity index (χ4v) is 9.60. The van der Waals surface area contributed by atoms with Gasteiger partial charge in [-0.25, -0.2) is 19.6 Å². The van der Waals surface area contributed by atoms with Gasteiger partial charge in [0.05, 0.1) is 26.3 Å². The zero-order valence-corrected chi connectivity index (χ0v) is 37.5. The maximum absolute atomic E-state index is 14.2. The molecule has 2 fully saturated rings. The van der Waals surface area contributed by atoms with E-state index in [1.807, 2.05) is 91.2 Å². The van der Waals surface area contributed by atoms with Crippen molar-refractivity contribution in [2.45, 2.75) is 48.7 Å². The molecule has 0 aliphatic carbocycles. The molecule has 0 spiro atoms. The summed E-state index contributed by atoms with van der Waals surface area (Å²) in [6.07, 6.45) is 2.71. The molecule has 0 saturated carbocycles. The lowest BCUT2D eigenvalue weighted by Gasteiger charge is -2.28. The second-order valence-corrected chi connectivity index (χ2v) is 17.4. The van der Waals surface area contributed by atoms with Crippen molar-refractivity contribution in [2.24, 2.45) is 0 Å². The zero-order chi connectivity index (χ0) is 44.9. The smallest absolute Gasteiger partial charge is 0.407 e. The lowest BCUT2D eigenvalue weighted by Crippen LogP contribution is -2.43. The number of aromatic nitrogens is 4. The summed E-state index contributed by atoms with van der Waals surface area (Å²) in [5.41, 5.74) is 5.94. The van der Waals surface area contributed by atoms with E-state index in [1.54, 1.807) is 45.8 Å². The Labute approximate surface area is 384 Å². The number of nitrogens with one attached hydrogen (secondary N) is 4. The van der Waals surface area contributed by atoms with Crippen LogP contribution in [0, 0.1) is 0 Å². The summed E-state index contributed by atoms with van der Waals surface area (Å²) >= 11 is 15.3. The number of amides is 4. The standard InChI is InChI=1S/C47H46Cl2N8O6S/c1-62-46(60)52-38(29-11-6-4-7-12-29)44(58)56-24-10-15-34(56)42-50-36(40(48)54-42)31-20-16-27(17-21-31)28-18-22-32(23-19-28)37-41(49)55-43(51-37)35-25-33(64-3)26-57(35)45(59)39(53-47(61)63-2)30-13-8-5-9-14-30/h4-9,11-14,16-23,33-35,38-39H,10,15,24-26H2,1-3H3,(H,50,54)(H,51,55)(H,52,60)(H,53,61)/t33-,34?,35-,38-,39-/m0/s1. The van der Waals surface area contributed by atoms with Crippen molar-refractivity contribution in [2.75, 3.05) is 33.6 Å². The molecule has 2 aliphatic heterocycles. The molecule has 4 aromatic carbocycles. The minimum absolute atomic E-state index is 0.150. The SMILES string of the molecule is COC(=O)N[C@H](C(=O)N1CCCC1c1nc(-c2ccc(-c3ccc(-c4nc([C@@H]5C[C@H](SC)CN5C(=O)[C@@H](NC(=O)OC)c5ccccc5)[nH]c4Cl)cc3)cc2)c(Cl)[nH]1)c1ccccc1. The summed E-state index contributed by atoms with van der Waals surface area (Å²) in [6.45, 7) is 0.967. The second kappa shape index (κ2) is 19.6. The topological polar surface area (TPSA) is 175 Å². The first kappa shape index (κ1) is 44.3. The quantitative estimate of drug-likeness (QED) is 0.0933. The Morgan fingerprint density at radius 3 is 1.55 bits per heavy atom. The lowest BCUT2D eigenvalue weighted by atomic mass is 10.0. The summed E-state index contributed by atoms with van der Waals surface area (Å²) < 4.78 is 9.69. The van der Waals surface area contributed by atoms with Crippen molar-refractivity contribution < 1.29 is 28.7 Å². The number of H-pyrrole nitrogens is 2. The van der Waals surface area contributed by atoms with Crippen LogP contribution in [0.1, 0.15) is 66.2 Å². The number of rotatable bonds is 12. The molecule has 1 unspecified atom stereocenters. The van der Waals surface area contributed by atoms with Crippen molar-refractivity contribution in [1.82, 2.24) is 40.4 Å². The molecule has 8 rings (SSSR count). The molecule has 4 amide bonds. The van der Waals surface area contributed by atoms with Crippen LogP contribution in [-0.4, -0.2) is 92.6 Å². The maximum atomic E-state index is 14.2. The Balaban J connectivity index is 0.973. The Morgan fingerprint density at radius 1 is 0.656 bits per heavy atom. The maximum Gasteiger partial charge on any atom is 0.407 e. The number of ether oxygens (including phenoxy) is 2. The lowest BCUT2D eigenvalue weighted by molar-refractivity contribution is -0.135.